The van der Waals surface area contributed by atoms with E-state index in [0.717, 1.165) is 5.57 Å². The molecule has 2 rings (SSSR count). The Morgan fingerprint density at radius 2 is 2.53 bits per heavy atom. The number of hydrogen-bond donors (Lipinski definition) is 1. The van der Waals surface area contributed by atoms with Gasteiger partial charge >= 0.3 is 0 Å². The van der Waals surface area contributed by atoms with Crippen LogP contribution >= 0.6 is 22.6 Å². The molecule has 15 heavy (non-hydrogen) atoms. The molecule has 5 heteroatoms. The molecule has 0 aromatic heterocycles. The Balaban J connectivity index is 2.42. The lowest BCUT2D eigenvalue weighted by Crippen LogP contribution is -2.37. The summed E-state index contributed by atoms with van der Waals surface area (Å²) < 4.78 is 12.5. The number of rotatable bonds is 2. The van der Waals surface area contributed by atoms with Gasteiger partial charge in [-0.3, -0.25) is 4.79 Å². The van der Waals surface area contributed by atoms with Crippen molar-refractivity contribution < 1.29 is 19.4 Å². The van der Waals surface area contributed by atoms with E-state index in [4.69, 9.17) is 9.47 Å². The van der Waals surface area contributed by atoms with Gasteiger partial charge in [0.1, 0.15) is 5.60 Å². The Morgan fingerprint density at radius 3 is 3.07 bits per heavy atom. The number of methoxy groups -OCH3 is 1. The number of allylic oxidation sites excluding steroid dienone is 1. The number of aliphatic hydroxyl groups excluding tert-OH is 1. The van der Waals surface area contributed by atoms with Gasteiger partial charge in [-0.05, 0) is 16.2 Å². The minimum atomic E-state index is -0.908. The molecule has 3 atom stereocenters. The third-order valence-electron chi connectivity index (χ3n) is 2.82. The van der Waals surface area contributed by atoms with Crippen molar-refractivity contribution >= 4 is 28.4 Å². The molecule has 0 aromatic rings. The minimum Gasteiger partial charge on any atom is -0.393 e. The summed E-state index contributed by atoms with van der Waals surface area (Å²) in [6, 6.07) is 0. The van der Waals surface area contributed by atoms with Gasteiger partial charge in [0, 0.05) is 12.7 Å². The molecular weight excluding hydrogens is 311 g/mol. The van der Waals surface area contributed by atoms with Crippen molar-refractivity contribution in [2.24, 2.45) is 5.92 Å². The number of carbonyl (C=O) groups is 1. The van der Waals surface area contributed by atoms with Gasteiger partial charge in [0.15, 0.2) is 12.1 Å². The first-order valence-electron chi connectivity index (χ1n) is 4.53. The summed E-state index contributed by atoms with van der Waals surface area (Å²) in [5.41, 5.74) is -0.128. The highest BCUT2D eigenvalue weighted by molar-refractivity contribution is 14.1. The van der Waals surface area contributed by atoms with E-state index in [1.807, 2.05) is 0 Å². The third kappa shape index (κ3) is 1.49. The van der Waals surface area contributed by atoms with E-state index in [9.17, 15) is 9.90 Å². The summed E-state index contributed by atoms with van der Waals surface area (Å²) in [6.07, 6.45) is 2.56. The Labute approximate surface area is 101 Å². The molecule has 0 aromatic carbocycles. The Bertz CT molecular complexity index is 349. The zero-order valence-corrected chi connectivity index (χ0v) is 10.3. The summed E-state index contributed by atoms with van der Waals surface area (Å²) in [5.74, 6) is -0.462. The van der Waals surface area contributed by atoms with Crippen LogP contribution in [-0.2, 0) is 14.3 Å². The molecule has 82 valence electrons. The first kappa shape index (κ1) is 11.3. The van der Waals surface area contributed by atoms with Crippen molar-refractivity contribution in [1.82, 2.24) is 0 Å². The Hall–Kier alpha value is -0.240. The predicted molar refractivity (Wildman–Crippen MR) is 61.4 cm³/mol. The monoisotopic (exact) mass is 322 g/mol. The van der Waals surface area contributed by atoms with Gasteiger partial charge in [-0.2, -0.15) is 0 Å². The van der Waals surface area contributed by atoms with Crippen molar-refractivity contribution in [2.45, 2.75) is 11.9 Å². The van der Waals surface area contributed by atoms with Crippen LogP contribution in [0.5, 0.6) is 0 Å². The number of hydrogen-bond acceptors (Lipinski definition) is 4. The maximum Gasteiger partial charge on any atom is 0.182 e. The molecule has 0 radical (unpaired) electrons. The summed E-state index contributed by atoms with van der Waals surface area (Å²) in [7, 11) is 1.52. The van der Waals surface area contributed by atoms with E-state index in [1.54, 1.807) is 10.2 Å². The quantitative estimate of drug-likeness (QED) is 0.764. The van der Waals surface area contributed by atoms with Crippen molar-refractivity contribution in [2.75, 3.05) is 13.7 Å². The second kappa shape index (κ2) is 3.97. The topological polar surface area (TPSA) is 55.8 Å². The van der Waals surface area contributed by atoms with Crippen LogP contribution in [-0.4, -0.2) is 36.5 Å². The van der Waals surface area contributed by atoms with Crippen LogP contribution in [0, 0.1) is 5.92 Å². The van der Waals surface area contributed by atoms with E-state index in [0.29, 0.717) is 0 Å². The number of carbonyl (C=O) groups excluding carboxylic acids is 1. The van der Waals surface area contributed by atoms with Crippen LogP contribution in [0.4, 0.5) is 0 Å². The van der Waals surface area contributed by atoms with Gasteiger partial charge in [-0.25, -0.2) is 0 Å². The van der Waals surface area contributed by atoms with Crippen LogP contribution in [0.2, 0.25) is 0 Å². The molecule has 0 bridgehead atoms. The van der Waals surface area contributed by atoms with Crippen LogP contribution in [0.25, 0.3) is 0 Å². The molecular formula is C10H11IO4. The molecule has 1 N–H and O–H groups in total. The van der Waals surface area contributed by atoms with E-state index in [-0.39, 0.29) is 12.4 Å². The second-order valence-electron chi connectivity index (χ2n) is 3.58. The van der Waals surface area contributed by atoms with Gasteiger partial charge < -0.3 is 14.6 Å². The summed E-state index contributed by atoms with van der Waals surface area (Å²) in [5, 5.41) is 9.36. The maximum absolute atomic E-state index is 11.7. The molecule has 0 saturated carbocycles. The first-order valence-corrected chi connectivity index (χ1v) is 5.78. The zero-order chi connectivity index (χ0) is 11.1. The summed E-state index contributed by atoms with van der Waals surface area (Å²) >= 11 is 2.05. The molecule has 2 aliphatic rings. The Morgan fingerprint density at radius 1 is 1.80 bits per heavy atom. The van der Waals surface area contributed by atoms with Gasteiger partial charge in [0.2, 0.25) is 0 Å². The molecule has 1 saturated heterocycles. The summed E-state index contributed by atoms with van der Waals surface area (Å²) in [4.78, 5) is 11.7. The fraction of sp³-hybridized carbons (Fsp3) is 0.500. The lowest BCUT2D eigenvalue weighted by molar-refractivity contribution is -0.147. The lowest BCUT2D eigenvalue weighted by Gasteiger charge is -2.22. The van der Waals surface area contributed by atoms with Crippen molar-refractivity contribution in [3.63, 3.8) is 0 Å². The summed E-state index contributed by atoms with van der Waals surface area (Å²) in [6.45, 7) is -0.215. The predicted octanol–water partition coefficient (Wildman–Crippen LogP) is 0.794. The zero-order valence-electron chi connectivity index (χ0n) is 8.14. The highest BCUT2D eigenvalue weighted by atomic mass is 127. The Kier molecular flexibility index (Phi) is 2.98. The standard InChI is InChI=1S/C10H11IO4/c1-14-9-6(4-11)8-7(13)2-3-10(8,5-12)15-9/h2-4,8-9,12H,5H2,1H3/b6-4+/t8-,9+,10-/m0/s1. The largest absolute Gasteiger partial charge is 0.393 e. The molecule has 1 aliphatic heterocycles. The number of ether oxygens (including phenoxy) is 2. The van der Waals surface area contributed by atoms with Crippen LogP contribution < -0.4 is 0 Å². The van der Waals surface area contributed by atoms with Gasteiger partial charge in [0.25, 0.3) is 0 Å². The van der Waals surface area contributed by atoms with Gasteiger partial charge in [-0.15, -0.1) is 0 Å². The molecule has 0 unspecified atom stereocenters. The van der Waals surface area contributed by atoms with Crippen molar-refractivity contribution in [3.05, 3.63) is 21.8 Å². The number of ketones is 1. The van der Waals surface area contributed by atoms with Gasteiger partial charge in [0.05, 0.1) is 12.5 Å². The minimum absolute atomic E-state index is 0.0356. The van der Waals surface area contributed by atoms with Crippen LogP contribution in [0.3, 0.4) is 0 Å². The highest BCUT2D eigenvalue weighted by Crippen LogP contribution is 2.45. The number of halogens is 1. The average Bonchev–Trinajstić information content (AvgIpc) is 2.74. The van der Waals surface area contributed by atoms with E-state index in [1.165, 1.54) is 13.2 Å². The molecule has 0 spiro atoms. The molecule has 0 amide bonds. The second-order valence-corrected chi connectivity index (χ2v) is 4.20. The molecule has 1 fully saturated rings. The van der Waals surface area contributed by atoms with Crippen molar-refractivity contribution in [3.8, 4) is 0 Å². The van der Waals surface area contributed by atoms with Crippen LogP contribution in [0.1, 0.15) is 0 Å². The SMILES string of the molecule is CO[C@@H]1O[C@]2(CO)C=CC(=O)[C@@H]2/C1=C\I. The van der Waals surface area contributed by atoms with Gasteiger partial charge in [-0.1, -0.05) is 22.6 Å². The van der Waals surface area contributed by atoms with Crippen molar-refractivity contribution in [1.29, 1.82) is 0 Å². The van der Waals surface area contributed by atoms with E-state index < -0.39 is 17.8 Å². The fourth-order valence-electron chi connectivity index (χ4n) is 2.09. The fourth-order valence-corrected chi connectivity index (χ4v) is 2.75. The molecule has 1 aliphatic carbocycles. The highest BCUT2D eigenvalue weighted by Gasteiger charge is 2.55. The van der Waals surface area contributed by atoms with Crippen LogP contribution in [0.15, 0.2) is 21.8 Å². The normalized spacial score (nSPS) is 41.5. The smallest absolute Gasteiger partial charge is 0.182 e. The molecule has 1 heterocycles. The van der Waals surface area contributed by atoms with E-state index >= 15 is 0 Å². The number of aliphatic hydroxyl groups is 1. The number of fused-ring (bicyclic) bond motifs is 1. The first-order chi connectivity index (χ1) is 7.18. The molecule has 4 nitrogen and oxygen atoms in total. The average molecular weight is 322 g/mol. The lowest BCUT2D eigenvalue weighted by atomic mass is 9.87. The third-order valence-corrected chi connectivity index (χ3v) is 3.54. The van der Waals surface area contributed by atoms with E-state index in [2.05, 4.69) is 22.6 Å². The maximum atomic E-state index is 11.7.